The summed E-state index contributed by atoms with van der Waals surface area (Å²) in [6.45, 7) is 3.05. The summed E-state index contributed by atoms with van der Waals surface area (Å²) in [7, 11) is 0. The van der Waals surface area contributed by atoms with Crippen molar-refractivity contribution in [2.75, 3.05) is 24.5 Å². The number of hydrogen-bond acceptors (Lipinski definition) is 4. The van der Waals surface area contributed by atoms with Crippen LogP contribution in [0, 0.1) is 0 Å². The van der Waals surface area contributed by atoms with Crippen molar-refractivity contribution in [2.45, 2.75) is 24.5 Å². The number of carbonyl (C=O) groups excluding carboxylic acids is 1. The van der Waals surface area contributed by atoms with Crippen LogP contribution in [0.15, 0.2) is 30.3 Å². The molecule has 2 fully saturated rings. The Kier molecular flexibility index (Phi) is 4.38. The zero-order chi connectivity index (χ0) is 13.9. The van der Waals surface area contributed by atoms with Crippen molar-refractivity contribution in [1.29, 1.82) is 0 Å². The number of rotatable bonds is 3. The minimum absolute atomic E-state index is 0.0409. The van der Waals surface area contributed by atoms with Crippen LogP contribution >= 0.6 is 24.0 Å². The van der Waals surface area contributed by atoms with Crippen LogP contribution in [-0.4, -0.2) is 40.0 Å². The van der Waals surface area contributed by atoms with E-state index in [1.165, 1.54) is 31.0 Å². The number of anilines is 1. The first kappa shape index (κ1) is 14.0. The zero-order valence-corrected chi connectivity index (χ0v) is 13.0. The highest BCUT2D eigenvalue weighted by Crippen LogP contribution is 2.32. The molecule has 0 bridgehead atoms. The minimum Gasteiger partial charge on any atom is -0.302 e. The Morgan fingerprint density at radius 3 is 2.55 bits per heavy atom. The molecule has 3 nitrogen and oxygen atoms in total. The predicted octanol–water partition coefficient (Wildman–Crippen LogP) is 2.91. The summed E-state index contributed by atoms with van der Waals surface area (Å²) in [4.78, 5) is 16.7. The van der Waals surface area contributed by atoms with E-state index >= 15 is 0 Å². The van der Waals surface area contributed by atoms with Crippen LogP contribution in [-0.2, 0) is 4.79 Å². The molecule has 0 N–H and O–H groups in total. The molecule has 1 unspecified atom stereocenters. The third-order valence-electron chi connectivity index (χ3n) is 3.81. The largest absolute Gasteiger partial charge is 0.302 e. The molecular formula is C15H18N2OS2. The second kappa shape index (κ2) is 6.24. The van der Waals surface area contributed by atoms with Gasteiger partial charge in [0.1, 0.15) is 9.57 Å². The van der Waals surface area contributed by atoms with E-state index in [0.717, 1.165) is 25.3 Å². The summed E-state index contributed by atoms with van der Waals surface area (Å²) in [5.74, 6) is 0.136. The first-order valence-electron chi connectivity index (χ1n) is 7.08. The highest BCUT2D eigenvalue weighted by Gasteiger charge is 2.38. The monoisotopic (exact) mass is 306 g/mol. The number of benzene rings is 1. The van der Waals surface area contributed by atoms with E-state index in [0.29, 0.717) is 4.32 Å². The third kappa shape index (κ3) is 2.90. The maximum absolute atomic E-state index is 12.6. The third-order valence-corrected chi connectivity index (χ3v) is 5.30. The van der Waals surface area contributed by atoms with Crippen LogP contribution in [0.5, 0.6) is 0 Å². The van der Waals surface area contributed by atoms with Gasteiger partial charge in [-0.15, -0.1) is 0 Å². The number of carbonyl (C=O) groups is 1. The maximum atomic E-state index is 12.6. The summed E-state index contributed by atoms with van der Waals surface area (Å²) < 4.78 is 0.684. The Balaban J connectivity index is 1.70. The van der Waals surface area contributed by atoms with Gasteiger partial charge >= 0.3 is 0 Å². The lowest BCUT2D eigenvalue weighted by Crippen LogP contribution is -2.40. The predicted molar refractivity (Wildman–Crippen MR) is 88.2 cm³/mol. The number of amides is 1. The molecule has 0 aromatic heterocycles. The number of piperidine rings is 1. The zero-order valence-electron chi connectivity index (χ0n) is 11.3. The molecule has 2 heterocycles. The van der Waals surface area contributed by atoms with E-state index in [-0.39, 0.29) is 11.2 Å². The average molecular weight is 306 g/mol. The van der Waals surface area contributed by atoms with Gasteiger partial charge in [0.05, 0.1) is 5.69 Å². The maximum Gasteiger partial charge on any atom is 0.247 e. The van der Waals surface area contributed by atoms with Crippen LogP contribution in [0.4, 0.5) is 5.69 Å². The number of thioether (sulfide) groups is 1. The number of hydrogen-bond donors (Lipinski definition) is 0. The minimum atomic E-state index is -0.0409. The molecule has 3 rings (SSSR count). The molecule has 2 aliphatic heterocycles. The molecule has 20 heavy (non-hydrogen) atoms. The van der Waals surface area contributed by atoms with E-state index in [9.17, 15) is 4.79 Å². The van der Waals surface area contributed by atoms with Gasteiger partial charge in [0.15, 0.2) is 0 Å². The van der Waals surface area contributed by atoms with Gasteiger partial charge in [-0.1, -0.05) is 48.6 Å². The topological polar surface area (TPSA) is 23.6 Å². The number of thiocarbonyl (C=S) groups is 1. The molecule has 0 aliphatic carbocycles. The highest BCUT2D eigenvalue weighted by atomic mass is 32.2. The van der Waals surface area contributed by atoms with Crippen LogP contribution in [0.1, 0.15) is 19.3 Å². The van der Waals surface area contributed by atoms with Crippen molar-refractivity contribution >= 4 is 39.9 Å². The Hall–Kier alpha value is -0.910. The molecule has 2 saturated heterocycles. The standard InChI is InChI=1S/C15H18N2OS2/c18-14-13(11-16-9-5-2-6-10-16)20-15(19)17(14)12-7-3-1-4-8-12/h1,3-4,7-8,13H,2,5-6,9-11H2. The molecule has 1 atom stereocenters. The molecule has 1 aromatic carbocycles. The van der Waals surface area contributed by atoms with Crippen molar-refractivity contribution in [2.24, 2.45) is 0 Å². The van der Waals surface area contributed by atoms with Gasteiger partial charge < -0.3 is 4.90 Å². The summed E-state index contributed by atoms with van der Waals surface area (Å²) >= 11 is 6.93. The van der Waals surface area contributed by atoms with Crippen LogP contribution in [0.2, 0.25) is 0 Å². The number of nitrogens with zero attached hydrogens (tertiary/aromatic N) is 2. The Bertz CT molecular complexity index is 500. The number of likely N-dealkylation sites (tertiary alicyclic amines) is 1. The van der Waals surface area contributed by atoms with E-state index in [4.69, 9.17) is 12.2 Å². The fourth-order valence-electron chi connectivity index (χ4n) is 2.76. The second-order valence-corrected chi connectivity index (χ2v) is 7.08. The molecule has 1 aromatic rings. The molecular weight excluding hydrogens is 288 g/mol. The van der Waals surface area contributed by atoms with Crippen molar-refractivity contribution in [1.82, 2.24) is 4.90 Å². The molecule has 2 aliphatic rings. The summed E-state index contributed by atoms with van der Waals surface area (Å²) in [6.07, 6.45) is 3.81. The van der Waals surface area contributed by atoms with Gasteiger partial charge in [-0.3, -0.25) is 9.69 Å². The fourth-order valence-corrected chi connectivity index (χ4v) is 4.34. The molecule has 0 spiro atoms. The molecule has 0 saturated carbocycles. The van der Waals surface area contributed by atoms with Crippen LogP contribution < -0.4 is 4.90 Å². The van der Waals surface area contributed by atoms with Gasteiger partial charge in [-0.25, -0.2) is 0 Å². The number of para-hydroxylation sites is 1. The molecule has 0 radical (unpaired) electrons. The lowest BCUT2D eigenvalue weighted by molar-refractivity contribution is -0.117. The van der Waals surface area contributed by atoms with Crippen molar-refractivity contribution < 1.29 is 4.79 Å². The SMILES string of the molecule is O=C1C(CN2CCCCC2)SC(=S)N1c1ccccc1. The molecule has 106 valence electrons. The Morgan fingerprint density at radius 2 is 1.85 bits per heavy atom. The molecule has 5 heteroatoms. The van der Waals surface area contributed by atoms with Gasteiger partial charge in [0.25, 0.3) is 0 Å². The second-order valence-electron chi connectivity index (χ2n) is 5.24. The highest BCUT2D eigenvalue weighted by molar-refractivity contribution is 8.25. The van der Waals surface area contributed by atoms with Crippen molar-refractivity contribution in [3.8, 4) is 0 Å². The summed E-state index contributed by atoms with van der Waals surface area (Å²) in [6, 6.07) is 9.70. The van der Waals surface area contributed by atoms with Crippen molar-refractivity contribution in [3.63, 3.8) is 0 Å². The van der Waals surface area contributed by atoms with Crippen molar-refractivity contribution in [3.05, 3.63) is 30.3 Å². The van der Waals surface area contributed by atoms with E-state index in [2.05, 4.69) is 4.90 Å². The normalized spacial score (nSPS) is 24.4. The van der Waals surface area contributed by atoms with Crippen LogP contribution in [0.25, 0.3) is 0 Å². The molecule has 1 amide bonds. The Labute approximate surface area is 129 Å². The average Bonchev–Trinajstić information content (AvgIpc) is 2.75. The first-order valence-corrected chi connectivity index (χ1v) is 8.36. The smallest absolute Gasteiger partial charge is 0.247 e. The quantitative estimate of drug-likeness (QED) is 0.801. The lowest BCUT2D eigenvalue weighted by atomic mass is 10.1. The van der Waals surface area contributed by atoms with Gasteiger partial charge in [0, 0.05) is 6.54 Å². The Morgan fingerprint density at radius 1 is 1.15 bits per heavy atom. The first-order chi connectivity index (χ1) is 9.75. The summed E-state index contributed by atoms with van der Waals surface area (Å²) in [5.41, 5.74) is 0.885. The summed E-state index contributed by atoms with van der Waals surface area (Å²) in [5, 5.41) is -0.0409. The van der Waals surface area contributed by atoms with Crippen LogP contribution in [0.3, 0.4) is 0 Å². The fraction of sp³-hybridized carbons (Fsp3) is 0.467. The van der Waals surface area contributed by atoms with Gasteiger partial charge in [-0.05, 0) is 38.1 Å². The van der Waals surface area contributed by atoms with E-state index in [1.807, 2.05) is 30.3 Å². The van der Waals surface area contributed by atoms with E-state index in [1.54, 1.807) is 4.90 Å². The lowest BCUT2D eigenvalue weighted by Gasteiger charge is -2.27. The van der Waals surface area contributed by atoms with Gasteiger partial charge in [-0.2, -0.15) is 0 Å². The van der Waals surface area contributed by atoms with Gasteiger partial charge in [0.2, 0.25) is 5.91 Å². The van der Waals surface area contributed by atoms with E-state index < -0.39 is 0 Å².